The number of aromatic nitrogens is 2. The van der Waals surface area contributed by atoms with Gasteiger partial charge in [0.15, 0.2) is 5.82 Å². The zero-order valence-corrected chi connectivity index (χ0v) is 11.4. The van der Waals surface area contributed by atoms with Gasteiger partial charge < -0.3 is 15.4 Å². The number of rotatable bonds is 4. The number of nitrogen functional groups attached to an aromatic ring is 1. The third-order valence-corrected chi connectivity index (χ3v) is 3.34. The minimum Gasteiger partial charge on any atom is -0.473 e. The molecule has 5 heteroatoms. The van der Waals surface area contributed by atoms with Gasteiger partial charge in [0.05, 0.1) is 6.10 Å². The van der Waals surface area contributed by atoms with Crippen LogP contribution in [0.4, 0.5) is 11.5 Å². The lowest BCUT2D eigenvalue weighted by molar-refractivity contribution is 0.234. The van der Waals surface area contributed by atoms with Crippen LogP contribution >= 0.6 is 0 Å². The molecular formula is C13H22N4O. The Morgan fingerprint density at radius 2 is 2.28 bits per heavy atom. The predicted octanol–water partition coefficient (Wildman–Crippen LogP) is 2.08. The highest BCUT2D eigenvalue weighted by atomic mass is 16.5. The Morgan fingerprint density at radius 3 is 2.89 bits per heavy atom. The fourth-order valence-electron chi connectivity index (χ4n) is 2.30. The van der Waals surface area contributed by atoms with Gasteiger partial charge in [-0.3, -0.25) is 0 Å². The molecule has 0 bridgehead atoms. The average molecular weight is 250 g/mol. The van der Waals surface area contributed by atoms with Gasteiger partial charge in [-0.15, -0.1) is 0 Å². The first-order valence-corrected chi connectivity index (χ1v) is 6.63. The van der Waals surface area contributed by atoms with E-state index in [0.29, 0.717) is 11.6 Å². The molecular weight excluding hydrogens is 228 g/mol. The second-order valence-electron chi connectivity index (χ2n) is 5.09. The van der Waals surface area contributed by atoms with Gasteiger partial charge in [0, 0.05) is 13.1 Å². The zero-order valence-electron chi connectivity index (χ0n) is 11.4. The normalized spacial score (nSPS) is 19.6. The van der Waals surface area contributed by atoms with E-state index in [1.165, 1.54) is 19.2 Å². The molecule has 1 aliphatic heterocycles. The molecule has 1 atom stereocenters. The van der Waals surface area contributed by atoms with Crippen LogP contribution in [0.3, 0.4) is 0 Å². The molecule has 1 aromatic heterocycles. The fraction of sp³-hybridized carbons (Fsp3) is 0.692. The Labute approximate surface area is 108 Å². The van der Waals surface area contributed by atoms with E-state index in [2.05, 4.69) is 21.8 Å². The van der Waals surface area contributed by atoms with Gasteiger partial charge in [-0.1, -0.05) is 13.3 Å². The van der Waals surface area contributed by atoms with Crippen molar-refractivity contribution in [2.24, 2.45) is 5.92 Å². The van der Waals surface area contributed by atoms with Gasteiger partial charge in [-0.25, -0.2) is 4.98 Å². The molecule has 0 aromatic carbocycles. The molecule has 2 heterocycles. The fourth-order valence-corrected chi connectivity index (χ4v) is 2.30. The van der Waals surface area contributed by atoms with Crippen molar-refractivity contribution < 1.29 is 4.74 Å². The smallest absolute Gasteiger partial charge is 0.242 e. The summed E-state index contributed by atoms with van der Waals surface area (Å²) >= 11 is 0. The molecule has 1 aromatic rings. The number of nitrogens with zero attached hydrogens (tertiary/aromatic N) is 3. The molecule has 18 heavy (non-hydrogen) atoms. The van der Waals surface area contributed by atoms with Crippen LogP contribution in [-0.4, -0.2) is 29.2 Å². The molecule has 0 saturated carbocycles. The van der Waals surface area contributed by atoms with Crippen molar-refractivity contribution in [1.29, 1.82) is 0 Å². The lowest BCUT2D eigenvalue weighted by atomic mass is 10.1. The van der Waals surface area contributed by atoms with Crippen LogP contribution in [0, 0.1) is 5.92 Å². The molecule has 1 aliphatic rings. The molecule has 2 N–H and O–H groups in total. The summed E-state index contributed by atoms with van der Waals surface area (Å²) in [7, 11) is 0. The molecule has 0 radical (unpaired) electrons. The third-order valence-electron chi connectivity index (χ3n) is 3.34. The summed E-state index contributed by atoms with van der Waals surface area (Å²) in [4.78, 5) is 10.6. The first-order valence-electron chi connectivity index (χ1n) is 6.63. The highest BCUT2D eigenvalue weighted by Crippen LogP contribution is 2.32. The van der Waals surface area contributed by atoms with Crippen LogP contribution < -0.4 is 15.4 Å². The van der Waals surface area contributed by atoms with Gasteiger partial charge in [0.2, 0.25) is 5.88 Å². The molecule has 1 fully saturated rings. The lowest BCUT2D eigenvalue weighted by Crippen LogP contribution is -2.23. The minimum atomic E-state index is 0.0667. The molecule has 2 rings (SSSR count). The van der Waals surface area contributed by atoms with Crippen molar-refractivity contribution >= 4 is 11.5 Å². The lowest BCUT2D eigenvalue weighted by Gasteiger charge is -2.20. The standard InChI is InChI=1S/C13H22N4O/c1-4-10-5-6-17(7-10)12-11(14)13(16-8-15-12)18-9(2)3/h8-10H,4-7,14H2,1-3H3. The average Bonchev–Trinajstić information content (AvgIpc) is 2.80. The monoisotopic (exact) mass is 250 g/mol. The van der Waals surface area contributed by atoms with E-state index in [0.717, 1.165) is 24.8 Å². The van der Waals surface area contributed by atoms with E-state index in [-0.39, 0.29) is 6.10 Å². The molecule has 5 nitrogen and oxygen atoms in total. The highest BCUT2D eigenvalue weighted by molar-refractivity contribution is 5.68. The second kappa shape index (κ2) is 5.42. The van der Waals surface area contributed by atoms with Crippen LogP contribution in [0.2, 0.25) is 0 Å². The molecule has 0 spiro atoms. The summed E-state index contributed by atoms with van der Waals surface area (Å²) < 4.78 is 5.60. The predicted molar refractivity (Wildman–Crippen MR) is 72.8 cm³/mol. The Balaban J connectivity index is 2.18. The summed E-state index contributed by atoms with van der Waals surface area (Å²) in [6, 6.07) is 0. The second-order valence-corrected chi connectivity index (χ2v) is 5.09. The van der Waals surface area contributed by atoms with Crippen molar-refractivity contribution in [3.8, 4) is 5.88 Å². The van der Waals surface area contributed by atoms with Gasteiger partial charge in [-0.05, 0) is 26.2 Å². The van der Waals surface area contributed by atoms with E-state index in [4.69, 9.17) is 10.5 Å². The largest absolute Gasteiger partial charge is 0.473 e. The molecule has 1 saturated heterocycles. The van der Waals surface area contributed by atoms with Crippen molar-refractivity contribution in [2.75, 3.05) is 23.7 Å². The molecule has 100 valence electrons. The summed E-state index contributed by atoms with van der Waals surface area (Å²) in [5, 5.41) is 0. The Morgan fingerprint density at radius 1 is 1.50 bits per heavy atom. The van der Waals surface area contributed by atoms with Gasteiger partial charge in [0.1, 0.15) is 12.0 Å². The van der Waals surface area contributed by atoms with Crippen LogP contribution in [0.15, 0.2) is 6.33 Å². The van der Waals surface area contributed by atoms with Gasteiger partial charge in [-0.2, -0.15) is 4.98 Å². The highest BCUT2D eigenvalue weighted by Gasteiger charge is 2.25. The minimum absolute atomic E-state index is 0.0667. The summed E-state index contributed by atoms with van der Waals surface area (Å²) in [5.74, 6) is 2.06. The first-order chi connectivity index (χ1) is 8.61. The number of anilines is 2. The summed E-state index contributed by atoms with van der Waals surface area (Å²) in [6.07, 6.45) is 4.01. The SMILES string of the molecule is CCC1CCN(c2ncnc(OC(C)C)c2N)C1. The number of ether oxygens (including phenoxy) is 1. The van der Waals surface area contributed by atoms with E-state index in [1.54, 1.807) is 0 Å². The Bertz CT molecular complexity index is 408. The quantitative estimate of drug-likeness (QED) is 0.886. The molecule has 0 aliphatic carbocycles. The summed E-state index contributed by atoms with van der Waals surface area (Å²) in [6.45, 7) is 8.19. The van der Waals surface area contributed by atoms with Crippen LogP contribution in [0.25, 0.3) is 0 Å². The van der Waals surface area contributed by atoms with Crippen molar-refractivity contribution in [3.63, 3.8) is 0 Å². The first kappa shape index (κ1) is 12.9. The maximum absolute atomic E-state index is 6.11. The van der Waals surface area contributed by atoms with Gasteiger partial charge in [0.25, 0.3) is 0 Å². The number of nitrogens with two attached hydrogens (primary N) is 1. The van der Waals surface area contributed by atoms with E-state index in [9.17, 15) is 0 Å². The Hall–Kier alpha value is -1.52. The number of hydrogen-bond donors (Lipinski definition) is 1. The Kier molecular flexibility index (Phi) is 3.89. The van der Waals surface area contributed by atoms with Gasteiger partial charge >= 0.3 is 0 Å². The van der Waals surface area contributed by atoms with E-state index < -0.39 is 0 Å². The third kappa shape index (κ3) is 2.66. The van der Waals surface area contributed by atoms with Crippen LogP contribution in [0.1, 0.15) is 33.6 Å². The van der Waals surface area contributed by atoms with Crippen molar-refractivity contribution in [1.82, 2.24) is 9.97 Å². The molecule has 1 unspecified atom stereocenters. The van der Waals surface area contributed by atoms with Crippen LogP contribution in [-0.2, 0) is 0 Å². The van der Waals surface area contributed by atoms with E-state index >= 15 is 0 Å². The van der Waals surface area contributed by atoms with E-state index in [1.807, 2.05) is 13.8 Å². The summed E-state index contributed by atoms with van der Waals surface area (Å²) in [5.41, 5.74) is 6.66. The maximum atomic E-state index is 6.11. The van der Waals surface area contributed by atoms with Crippen LogP contribution in [0.5, 0.6) is 5.88 Å². The topological polar surface area (TPSA) is 64.3 Å². The van der Waals surface area contributed by atoms with Crippen molar-refractivity contribution in [2.45, 2.75) is 39.7 Å². The zero-order chi connectivity index (χ0) is 13.1. The molecule has 0 amide bonds. The van der Waals surface area contributed by atoms with Crippen molar-refractivity contribution in [3.05, 3.63) is 6.33 Å². The number of hydrogen-bond acceptors (Lipinski definition) is 5. The maximum Gasteiger partial charge on any atom is 0.242 e.